The zero-order valence-electron chi connectivity index (χ0n) is 20.8. The molecule has 2 aliphatic heterocycles. The number of nitriles is 1. The van der Waals surface area contributed by atoms with E-state index in [0.717, 1.165) is 34.0 Å². The molecule has 0 bridgehead atoms. The lowest BCUT2D eigenvalue weighted by Gasteiger charge is -2.35. The van der Waals surface area contributed by atoms with Gasteiger partial charge in [0.1, 0.15) is 6.33 Å². The molecule has 0 N–H and O–H groups in total. The number of alkyl halides is 6. The van der Waals surface area contributed by atoms with Gasteiger partial charge in [-0.1, -0.05) is 12.1 Å². The molecule has 1 amide bonds. The quantitative estimate of drug-likeness (QED) is 0.409. The smallest absolute Gasteiger partial charge is 0.316 e. The Labute approximate surface area is 219 Å². The third-order valence-corrected chi connectivity index (χ3v) is 7.23. The number of likely N-dealkylation sites (tertiary alicyclic amines) is 1. The average Bonchev–Trinajstić information content (AvgIpc) is 3.43. The Balaban J connectivity index is 1.48. The molecule has 0 aliphatic carbocycles. The summed E-state index contributed by atoms with van der Waals surface area (Å²) in [6.07, 6.45) is -3.75. The van der Waals surface area contributed by atoms with Crippen molar-refractivity contribution in [3.8, 4) is 6.07 Å². The van der Waals surface area contributed by atoms with Gasteiger partial charge in [-0.15, -0.1) is 10.2 Å². The Morgan fingerprint density at radius 3 is 2.44 bits per heavy atom. The largest absolute Gasteiger partial charge is 0.416 e. The SMILES string of the molecule is Cn1cnnc1C(F)(F)[C@](C)(F)c1cccc(N2Cc3c(cc(CN4CC(C#N)C4)cc3C(F)(F)F)C2=O)c1. The van der Waals surface area contributed by atoms with E-state index in [0.29, 0.717) is 20.0 Å². The molecule has 1 fully saturated rings. The molecule has 7 nitrogen and oxygen atoms in total. The molecule has 204 valence electrons. The maximum atomic E-state index is 15.7. The van der Waals surface area contributed by atoms with Crippen LogP contribution in [0.25, 0.3) is 0 Å². The Morgan fingerprint density at radius 1 is 1.10 bits per heavy atom. The fraction of sp³-hybridized carbons (Fsp3) is 0.385. The van der Waals surface area contributed by atoms with E-state index in [2.05, 4.69) is 16.3 Å². The number of hydrogen-bond donors (Lipinski definition) is 0. The first-order chi connectivity index (χ1) is 18.2. The fourth-order valence-corrected chi connectivity index (χ4v) is 4.98. The van der Waals surface area contributed by atoms with E-state index in [-0.39, 0.29) is 34.8 Å². The van der Waals surface area contributed by atoms with Gasteiger partial charge in [-0.05, 0) is 47.9 Å². The highest BCUT2D eigenvalue weighted by Gasteiger charge is 2.57. The molecule has 13 heteroatoms. The third kappa shape index (κ3) is 4.42. The van der Waals surface area contributed by atoms with Crippen molar-refractivity contribution < 1.29 is 31.1 Å². The van der Waals surface area contributed by atoms with Gasteiger partial charge in [0.2, 0.25) is 11.5 Å². The van der Waals surface area contributed by atoms with Crippen LogP contribution in [-0.2, 0) is 37.9 Å². The molecule has 0 unspecified atom stereocenters. The number of halogens is 6. The van der Waals surface area contributed by atoms with Crippen molar-refractivity contribution in [1.82, 2.24) is 19.7 Å². The lowest BCUT2D eigenvalue weighted by atomic mass is 9.90. The molecular weight excluding hydrogens is 526 g/mol. The van der Waals surface area contributed by atoms with Gasteiger partial charge >= 0.3 is 12.1 Å². The molecule has 1 aromatic heterocycles. The van der Waals surface area contributed by atoms with Crippen molar-refractivity contribution in [2.75, 3.05) is 18.0 Å². The minimum absolute atomic E-state index is 0.0272. The standard InChI is InChI=1S/C26H22F6N6O/c1-24(27,25(28,29)23-35-34-14-36(23)2)17-4-3-5-18(8-17)38-13-20-19(22(38)39)6-15(7-21(20)26(30,31)32)10-37-11-16(9-33)12-37/h3-8,14,16H,10-13H2,1-2H3/t24-/m1/s1. The number of fused-ring (bicyclic) bond motifs is 1. The van der Waals surface area contributed by atoms with Gasteiger partial charge in [-0.3, -0.25) is 9.69 Å². The summed E-state index contributed by atoms with van der Waals surface area (Å²) in [5, 5.41) is 15.7. The number of anilines is 1. The summed E-state index contributed by atoms with van der Waals surface area (Å²) in [6.45, 7) is 1.18. The monoisotopic (exact) mass is 548 g/mol. The number of amides is 1. The van der Waals surface area contributed by atoms with Crippen LogP contribution in [0.15, 0.2) is 42.7 Å². The van der Waals surface area contributed by atoms with Crippen LogP contribution in [0.2, 0.25) is 0 Å². The van der Waals surface area contributed by atoms with E-state index in [1.165, 1.54) is 25.2 Å². The third-order valence-electron chi connectivity index (χ3n) is 7.23. The van der Waals surface area contributed by atoms with Gasteiger partial charge in [0.15, 0.2) is 0 Å². The van der Waals surface area contributed by atoms with Gasteiger partial charge in [0, 0.05) is 37.9 Å². The fourth-order valence-electron chi connectivity index (χ4n) is 4.98. The first-order valence-electron chi connectivity index (χ1n) is 11.9. The molecule has 0 saturated carbocycles. The minimum Gasteiger partial charge on any atom is -0.316 e. The van der Waals surface area contributed by atoms with Gasteiger partial charge in [-0.25, -0.2) is 4.39 Å². The number of aromatic nitrogens is 3. The predicted octanol–water partition coefficient (Wildman–Crippen LogP) is 4.93. The normalized spacial score (nSPS) is 18.0. The second-order valence-corrected chi connectivity index (χ2v) is 9.97. The number of benzene rings is 2. The first kappa shape index (κ1) is 26.7. The summed E-state index contributed by atoms with van der Waals surface area (Å²) < 4.78 is 89.1. The number of carbonyl (C=O) groups is 1. The van der Waals surface area contributed by atoms with Gasteiger partial charge < -0.3 is 9.47 Å². The van der Waals surface area contributed by atoms with Crippen molar-refractivity contribution in [3.05, 3.63) is 76.4 Å². The Bertz CT molecular complexity index is 1480. The van der Waals surface area contributed by atoms with Crippen molar-refractivity contribution in [3.63, 3.8) is 0 Å². The molecular formula is C26H22F6N6O. The summed E-state index contributed by atoms with van der Waals surface area (Å²) in [7, 11) is 1.24. The molecule has 2 aliphatic rings. The lowest BCUT2D eigenvalue weighted by molar-refractivity contribution is -0.149. The molecule has 5 rings (SSSR count). The predicted molar refractivity (Wildman–Crippen MR) is 126 cm³/mol. The highest BCUT2D eigenvalue weighted by Crippen LogP contribution is 2.48. The van der Waals surface area contributed by atoms with Crippen LogP contribution in [0.1, 0.15) is 45.4 Å². The van der Waals surface area contributed by atoms with Gasteiger partial charge in [-0.2, -0.15) is 27.2 Å². The van der Waals surface area contributed by atoms with Crippen molar-refractivity contribution in [1.29, 1.82) is 5.26 Å². The van der Waals surface area contributed by atoms with Crippen LogP contribution < -0.4 is 4.90 Å². The molecule has 3 heterocycles. The summed E-state index contributed by atoms with van der Waals surface area (Å²) in [4.78, 5) is 16.1. The highest BCUT2D eigenvalue weighted by molar-refractivity contribution is 6.10. The van der Waals surface area contributed by atoms with Crippen LogP contribution >= 0.6 is 0 Å². The lowest BCUT2D eigenvalue weighted by Crippen LogP contribution is -2.45. The van der Waals surface area contributed by atoms with Crippen molar-refractivity contribution >= 4 is 11.6 Å². The molecule has 39 heavy (non-hydrogen) atoms. The maximum absolute atomic E-state index is 15.7. The number of rotatable bonds is 6. The highest BCUT2D eigenvalue weighted by atomic mass is 19.4. The van der Waals surface area contributed by atoms with Gasteiger partial charge in [0.25, 0.3) is 5.91 Å². The van der Waals surface area contributed by atoms with Crippen LogP contribution in [0, 0.1) is 17.2 Å². The van der Waals surface area contributed by atoms with Gasteiger partial charge in [0.05, 0.1) is 24.1 Å². The van der Waals surface area contributed by atoms with E-state index in [1.54, 1.807) is 4.90 Å². The zero-order valence-corrected chi connectivity index (χ0v) is 20.8. The molecule has 1 saturated heterocycles. The van der Waals surface area contributed by atoms with Crippen LogP contribution in [0.3, 0.4) is 0 Å². The van der Waals surface area contributed by atoms with Crippen LogP contribution in [0.4, 0.5) is 32.0 Å². The van der Waals surface area contributed by atoms with Crippen molar-refractivity contribution in [2.45, 2.75) is 37.8 Å². The van der Waals surface area contributed by atoms with E-state index in [1.807, 2.05) is 0 Å². The van der Waals surface area contributed by atoms with E-state index >= 15 is 13.2 Å². The molecule has 1 atom stereocenters. The first-order valence-corrected chi connectivity index (χ1v) is 11.9. The summed E-state index contributed by atoms with van der Waals surface area (Å²) in [5.74, 6) is -5.97. The van der Waals surface area contributed by atoms with Crippen molar-refractivity contribution in [2.24, 2.45) is 13.0 Å². The van der Waals surface area contributed by atoms with E-state index in [4.69, 9.17) is 5.26 Å². The Hall–Kier alpha value is -3.92. The number of nitrogens with zero attached hydrogens (tertiary/aromatic N) is 6. The van der Waals surface area contributed by atoms with E-state index < -0.39 is 47.2 Å². The minimum atomic E-state index is -4.75. The Kier molecular flexibility index (Phi) is 6.21. The molecule has 2 aromatic carbocycles. The second kappa shape index (κ2) is 9.08. The number of aryl methyl sites for hydroxylation is 1. The maximum Gasteiger partial charge on any atom is 0.416 e. The number of hydrogen-bond acceptors (Lipinski definition) is 5. The summed E-state index contributed by atoms with van der Waals surface area (Å²) in [6, 6.07) is 9.23. The summed E-state index contributed by atoms with van der Waals surface area (Å²) >= 11 is 0. The second-order valence-electron chi connectivity index (χ2n) is 9.97. The summed E-state index contributed by atoms with van der Waals surface area (Å²) in [5.41, 5.74) is -4.91. The molecule has 3 aromatic rings. The number of carbonyl (C=O) groups excluding carboxylic acids is 1. The zero-order chi connectivity index (χ0) is 28.3. The van der Waals surface area contributed by atoms with Crippen LogP contribution in [-0.4, -0.2) is 38.7 Å². The Morgan fingerprint density at radius 2 is 1.82 bits per heavy atom. The molecule has 0 spiro atoms. The topological polar surface area (TPSA) is 78.1 Å². The average molecular weight is 548 g/mol. The van der Waals surface area contributed by atoms with E-state index in [9.17, 15) is 18.0 Å². The molecule has 0 radical (unpaired) electrons. The van der Waals surface area contributed by atoms with Crippen LogP contribution in [0.5, 0.6) is 0 Å².